The molecule has 0 radical (unpaired) electrons. The van der Waals surface area contributed by atoms with E-state index in [2.05, 4.69) is 20.7 Å². The predicted molar refractivity (Wildman–Crippen MR) is 78.1 cm³/mol. The van der Waals surface area contributed by atoms with Crippen molar-refractivity contribution in [1.29, 1.82) is 0 Å². The van der Waals surface area contributed by atoms with Crippen molar-refractivity contribution in [2.24, 2.45) is 5.92 Å². The number of amides is 1. The Labute approximate surface area is 122 Å². The van der Waals surface area contributed by atoms with E-state index in [9.17, 15) is 4.79 Å². The fourth-order valence-corrected chi connectivity index (χ4v) is 1.97. The summed E-state index contributed by atoms with van der Waals surface area (Å²) in [5, 5.41) is 10.5. The number of nitrogens with zero attached hydrogens (tertiary/aromatic N) is 3. The van der Waals surface area contributed by atoms with E-state index >= 15 is 0 Å². The Balaban J connectivity index is 2.26. The number of benzene rings is 1. The molecular formula is C13H16ClN5O. The molecule has 1 aromatic carbocycles. The normalized spacial score (nSPS) is 12.2. The molecule has 0 spiro atoms. The second-order valence-corrected chi connectivity index (χ2v) is 4.89. The Morgan fingerprint density at radius 3 is 2.95 bits per heavy atom. The predicted octanol–water partition coefficient (Wildman–Crippen LogP) is 1.71. The molecular weight excluding hydrogens is 278 g/mol. The van der Waals surface area contributed by atoms with Crippen molar-refractivity contribution in [3.8, 4) is 5.69 Å². The van der Waals surface area contributed by atoms with Gasteiger partial charge >= 0.3 is 0 Å². The first kappa shape index (κ1) is 14.5. The van der Waals surface area contributed by atoms with Crippen molar-refractivity contribution < 1.29 is 4.79 Å². The average Bonchev–Trinajstić information content (AvgIpc) is 2.93. The summed E-state index contributed by atoms with van der Waals surface area (Å²) in [6.45, 7) is 2.45. The lowest BCUT2D eigenvalue weighted by Gasteiger charge is -2.14. The Hall–Kier alpha value is -1.92. The highest BCUT2D eigenvalue weighted by Gasteiger charge is 2.15. The maximum absolute atomic E-state index is 12.1. The van der Waals surface area contributed by atoms with Crippen molar-refractivity contribution in [1.82, 2.24) is 20.1 Å². The summed E-state index contributed by atoms with van der Waals surface area (Å²) >= 11 is 5.99. The van der Waals surface area contributed by atoms with E-state index in [4.69, 9.17) is 11.6 Å². The lowest BCUT2D eigenvalue weighted by Crippen LogP contribution is -2.29. The van der Waals surface area contributed by atoms with Gasteiger partial charge in [0.05, 0.1) is 11.4 Å². The quantitative estimate of drug-likeness (QED) is 0.880. The molecule has 0 aliphatic heterocycles. The molecule has 1 amide bonds. The minimum atomic E-state index is -0.150. The molecule has 1 unspecified atom stereocenters. The second-order valence-electron chi connectivity index (χ2n) is 4.45. The number of hydrogen-bond acceptors (Lipinski definition) is 4. The lowest BCUT2D eigenvalue weighted by atomic mass is 10.1. The zero-order valence-corrected chi connectivity index (χ0v) is 12.1. The number of aromatic nitrogens is 3. The Morgan fingerprint density at radius 1 is 1.50 bits per heavy atom. The third-order valence-electron chi connectivity index (χ3n) is 2.84. The van der Waals surface area contributed by atoms with Gasteiger partial charge in [-0.3, -0.25) is 4.79 Å². The molecule has 0 aliphatic carbocycles. The third-order valence-corrected chi connectivity index (χ3v) is 3.08. The Bertz CT molecular complexity index is 584. The van der Waals surface area contributed by atoms with E-state index in [-0.39, 0.29) is 11.8 Å². The Kier molecular flexibility index (Phi) is 4.70. The van der Waals surface area contributed by atoms with Gasteiger partial charge in [0.25, 0.3) is 0 Å². The number of halogens is 1. The lowest BCUT2D eigenvalue weighted by molar-refractivity contribution is -0.119. The highest BCUT2D eigenvalue weighted by atomic mass is 35.5. The van der Waals surface area contributed by atoms with Crippen LogP contribution in [0.3, 0.4) is 0 Å². The zero-order chi connectivity index (χ0) is 14.5. The van der Waals surface area contributed by atoms with E-state index in [0.717, 1.165) is 5.69 Å². The molecule has 20 heavy (non-hydrogen) atoms. The topological polar surface area (TPSA) is 71.8 Å². The number of hydrogen-bond donors (Lipinski definition) is 2. The first-order chi connectivity index (χ1) is 9.61. The summed E-state index contributed by atoms with van der Waals surface area (Å²) in [5.74, 6) is -0.231. The van der Waals surface area contributed by atoms with Crippen molar-refractivity contribution in [2.75, 3.05) is 18.9 Å². The minimum absolute atomic E-state index is 0.0806. The van der Waals surface area contributed by atoms with Crippen molar-refractivity contribution >= 4 is 23.2 Å². The van der Waals surface area contributed by atoms with Gasteiger partial charge in [0.1, 0.15) is 12.7 Å². The van der Waals surface area contributed by atoms with E-state index in [1.54, 1.807) is 29.2 Å². The minimum Gasteiger partial charge on any atom is -0.324 e. The summed E-state index contributed by atoms with van der Waals surface area (Å²) in [6, 6.07) is 5.23. The van der Waals surface area contributed by atoms with Crippen molar-refractivity contribution in [3.05, 3.63) is 35.9 Å². The fraction of sp³-hybridized carbons (Fsp3) is 0.308. The molecule has 0 fully saturated rings. The van der Waals surface area contributed by atoms with Crippen LogP contribution < -0.4 is 10.6 Å². The molecule has 7 heteroatoms. The van der Waals surface area contributed by atoms with E-state index in [0.29, 0.717) is 17.3 Å². The van der Waals surface area contributed by atoms with Gasteiger partial charge in [-0.1, -0.05) is 18.5 Å². The van der Waals surface area contributed by atoms with Gasteiger partial charge < -0.3 is 10.6 Å². The van der Waals surface area contributed by atoms with Crippen LogP contribution in [0.2, 0.25) is 5.02 Å². The molecule has 1 heterocycles. The number of carbonyl (C=O) groups excluding carboxylic acids is 1. The zero-order valence-electron chi connectivity index (χ0n) is 11.3. The SMILES string of the molecule is CNCC(C)C(=O)Nc1cc(Cl)ccc1-n1cncn1. The monoisotopic (exact) mass is 293 g/mol. The van der Waals surface area contributed by atoms with Gasteiger partial charge in [-0.05, 0) is 25.2 Å². The molecule has 1 aromatic heterocycles. The maximum Gasteiger partial charge on any atom is 0.228 e. The fourth-order valence-electron chi connectivity index (χ4n) is 1.80. The number of nitrogens with one attached hydrogen (secondary N) is 2. The van der Waals surface area contributed by atoms with Crippen LogP contribution in [0.15, 0.2) is 30.9 Å². The van der Waals surface area contributed by atoms with E-state index < -0.39 is 0 Å². The van der Waals surface area contributed by atoms with Gasteiger partial charge in [-0.15, -0.1) is 0 Å². The van der Waals surface area contributed by atoms with Crippen LogP contribution >= 0.6 is 11.6 Å². The summed E-state index contributed by atoms with van der Waals surface area (Å²) in [6.07, 6.45) is 3.00. The maximum atomic E-state index is 12.1. The molecule has 0 aliphatic rings. The van der Waals surface area contributed by atoms with Gasteiger partial charge in [0.2, 0.25) is 5.91 Å². The molecule has 0 saturated carbocycles. The summed E-state index contributed by atoms with van der Waals surface area (Å²) < 4.78 is 1.58. The van der Waals surface area contributed by atoms with Crippen LogP contribution in [0.5, 0.6) is 0 Å². The average molecular weight is 294 g/mol. The highest BCUT2D eigenvalue weighted by Crippen LogP contribution is 2.24. The van der Waals surface area contributed by atoms with Gasteiger partial charge in [-0.2, -0.15) is 5.10 Å². The Morgan fingerprint density at radius 2 is 2.30 bits per heavy atom. The van der Waals surface area contributed by atoms with Gasteiger partial charge in [0.15, 0.2) is 0 Å². The highest BCUT2D eigenvalue weighted by molar-refractivity contribution is 6.31. The van der Waals surface area contributed by atoms with Crippen LogP contribution in [-0.4, -0.2) is 34.3 Å². The van der Waals surface area contributed by atoms with Crippen LogP contribution in [0.4, 0.5) is 5.69 Å². The standard InChI is InChI=1S/C13H16ClN5O/c1-9(6-15-2)13(20)18-11-5-10(14)3-4-12(11)19-8-16-7-17-19/h3-5,7-9,15H,6H2,1-2H3,(H,18,20). The van der Waals surface area contributed by atoms with E-state index in [1.807, 2.05) is 14.0 Å². The molecule has 2 aromatic rings. The molecule has 0 bridgehead atoms. The van der Waals surface area contributed by atoms with Crippen LogP contribution in [0, 0.1) is 5.92 Å². The number of anilines is 1. The summed E-state index contributed by atoms with van der Waals surface area (Å²) in [5.41, 5.74) is 1.33. The van der Waals surface area contributed by atoms with E-state index in [1.165, 1.54) is 6.33 Å². The number of rotatable bonds is 5. The third kappa shape index (κ3) is 3.34. The van der Waals surface area contributed by atoms with Gasteiger partial charge in [0, 0.05) is 17.5 Å². The molecule has 0 saturated heterocycles. The summed E-state index contributed by atoms with van der Waals surface area (Å²) in [4.78, 5) is 16.0. The smallest absolute Gasteiger partial charge is 0.228 e. The molecule has 6 nitrogen and oxygen atoms in total. The first-order valence-electron chi connectivity index (χ1n) is 6.22. The van der Waals surface area contributed by atoms with Crippen LogP contribution in [-0.2, 0) is 4.79 Å². The van der Waals surface area contributed by atoms with Crippen LogP contribution in [0.25, 0.3) is 5.69 Å². The van der Waals surface area contributed by atoms with Gasteiger partial charge in [-0.25, -0.2) is 9.67 Å². The van der Waals surface area contributed by atoms with Crippen molar-refractivity contribution in [2.45, 2.75) is 6.92 Å². The second kappa shape index (κ2) is 6.49. The molecule has 106 valence electrons. The number of carbonyl (C=O) groups is 1. The molecule has 2 rings (SSSR count). The largest absolute Gasteiger partial charge is 0.324 e. The molecule has 2 N–H and O–H groups in total. The van der Waals surface area contributed by atoms with Crippen molar-refractivity contribution in [3.63, 3.8) is 0 Å². The first-order valence-corrected chi connectivity index (χ1v) is 6.59. The van der Waals surface area contributed by atoms with Crippen LogP contribution in [0.1, 0.15) is 6.92 Å². The summed E-state index contributed by atoms with van der Waals surface area (Å²) in [7, 11) is 1.81. The molecule has 1 atom stereocenters.